The van der Waals surface area contributed by atoms with E-state index in [1.54, 1.807) is 12.3 Å². The number of halogens is 2. The number of carbonyl (C=O) groups excluding carboxylic acids is 1. The molecule has 5 nitrogen and oxygen atoms in total. The van der Waals surface area contributed by atoms with E-state index in [9.17, 15) is 9.90 Å². The molecule has 0 radical (unpaired) electrons. The monoisotopic (exact) mass is 459 g/mol. The molecule has 1 aromatic heterocycles. The Kier molecular flexibility index (Phi) is 12.2. The number of hydrogen-bond acceptors (Lipinski definition) is 4. The molecule has 31 heavy (non-hydrogen) atoms. The third-order valence-electron chi connectivity index (χ3n) is 4.43. The van der Waals surface area contributed by atoms with Gasteiger partial charge in [-0.3, -0.25) is 9.78 Å². The molecule has 0 saturated heterocycles. The first-order chi connectivity index (χ1) is 14.2. The Bertz CT molecular complexity index is 921. The zero-order valence-electron chi connectivity index (χ0n) is 17.0. The second-order valence-corrected chi connectivity index (χ2v) is 6.65. The molecule has 1 amide bonds. The summed E-state index contributed by atoms with van der Waals surface area (Å²) in [5, 5.41) is 16.3. The van der Waals surface area contributed by atoms with Gasteiger partial charge < -0.3 is 15.7 Å². The summed E-state index contributed by atoms with van der Waals surface area (Å²) in [7, 11) is 0. The summed E-state index contributed by atoms with van der Waals surface area (Å²) in [6, 6.07) is 22.9. The summed E-state index contributed by atoms with van der Waals surface area (Å²) in [4.78, 5) is 16.1. The lowest BCUT2D eigenvalue weighted by molar-refractivity contribution is -0.111. The lowest BCUT2D eigenvalue weighted by atomic mass is 10.1. The summed E-state index contributed by atoms with van der Waals surface area (Å²) in [6.45, 7) is 1.28. The molecule has 0 aliphatic carbocycles. The van der Waals surface area contributed by atoms with E-state index in [1.807, 2.05) is 72.8 Å². The van der Waals surface area contributed by atoms with Crippen molar-refractivity contribution in [2.75, 3.05) is 18.4 Å². The van der Waals surface area contributed by atoms with Crippen LogP contribution >= 0.6 is 24.8 Å². The van der Waals surface area contributed by atoms with Crippen LogP contribution in [0.3, 0.4) is 0 Å². The van der Waals surface area contributed by atoms with Gasteiger partial charge in [-0.05, 0) is 54.4 Å². The number of carbonyl (C=O) groups is 1. The summed E-state index contributed by atoms with van der Waals surface area (Å²) in [5.74, 6) is -0.194. The highest BCUT2D eigenvalue weighted by Crippen LogP contribution is 2.12. The van der Waals surface area contributed by atoms with Crippen LogP contribution in [0.15, 0.2) is 85.1 Å². The van der Waals surface area contributed by atoms with Crippen LogP contribution in [-0.2, 0) is 11.2 Å². The first-order valence-corrected chi connectivity index (χ1v) is 9.63. The predicted octanol–water partition coefficient (Wildman–Crippen LogP) is 4.44. The molecule has 3 aromatic rings. The van der Waals surface area contributed by atoms with E-state index in [1.165, 1.54) is 6.08 Å². The van der Waals surface area contributed by atoms with E-state index in [0.29, 0.717) is 6.54 Å². The van der Waals surface area contributed by atoms with Crippen molar-refractivity contribution in [2.45, 2.75) is 12.5 Å². The molecule has 7 heteroatoms. The minimum atomic E-state index is -0.507. The van der Waals surface area contributed by atoms with E-state index in [0.717, 1.165) is 35.5 Å². The minimum Gasteiger partial charge on any atom is -0.387 e. The number of amides is 1. The molecule has 0 aliphatic heterocycles. The van der Waals surface area contributed by atoms with Crippen LogP contribution in [0, 0.1) is 0 Å². The van der Waals surface area contributed by atoms with Crippen molar-refractivity contribution in [3.63, 3.8) is 0 Å². The summed E-state index contributed by atoms with van der Waals surface area (Å²) in [6.07, 6.45) is 5.17. The third-order valence-corrected chi connectivity index (χ3v) is 4.43. The van der Waals surface area contributed by atoms with Gasteiger partial charge in [0.2, 0.25) is 5.91 Å². The van der Waals surface area contributed by atoms with Gasteiger partial charge in [0.15, 0.2) is 0 Å². The first-order valence-electron chi connectivity index (χ1n) is 9.63. The molecule has 0 saturated carbocycles. The number of pyridine rings is 1. The van der Waals surface area contributed by atoms with Crippen molar-refractivity contribution in [3.8, 4) is 0 Å². The third kappa shape index (κ3) is 9.32. The van der Waals surface area contributed by atoms with Crippen LogP contribution in [0.2, 0.25) is 0 Å². The Morgan fingerprint density at radius 2 is 1.68 bits per heavy atom. The maximum Gasteiger partial charge on any atom is 0.248 e. The molecule has 0 bridgehead atoms. The van der Waals surface area contributed by atoms with E-state index < -0.39 is 6.10 Å². The van der Waals surface area contributed by atoms with Gasteiger partial charge in [-0.25, -0.2) is 0 Å². The molecule has 1 heterocycles. The summed E-state index contributed by atoms with van der Waals surface area (Å²) < 4.78 is 0. The molecule has 2 aromatic carbocycles. The number of anilines is 1. The van der Waals surface area contributed by atoms with Gasteiger partial charge in [0.05, 0.1) is 11.8 Å². The molecule has 3 rings (SSSR count). The fourth-order valence-electron chi connectivity index (χ4n) is 2.84. The van der Waals surface area contributed by atoms with Crippen molar-refractivity contribution in [1.29, 1.82) is 0 Å². The first kappa shape index (κ1) is 26.3. The Hall–Kier alpha value is -2.70. The molecule has 0 fully saturated rings. The lowest BCUT2D eigenvalue weighted by Gasteiger charge is -2.12. The molecule has 3 N–H and O–H groups in total. The number of hydrogen-bond donors (Lipinski definition) is 3. The van der Waals surface area contributed by atoms with E-state index in [-0.39, 0.29) is 30.7 Å². The van der Waals surface area contributed by atoms with Crippen molar-refractivity contribution >= 4 is 42.5 Å². The van der Waals surface area contributed by atoms with Crippen LogP contribution < -0.4 is 10.6 Å². The maximum atomic E-state index is 12.0. The van der Waals surface area contributed by atoms with Crippen molar-refractivity contribution in [1.82, 2.24) is 10.3 Å². The second-order valence-electron chi connectivity index (χ2n) is 6.65. The molecule has 1 atom stereocenters. The molecule has 0 aliphatic rings. The average Bonchev–Trinajstić information content (AvgIpc) is 2.77. The Morgan fingerprint density at radius 3 is 2.35 bits per heavy atom. The van der Waals surface area contributed by atoms with Crippen LogP contribution in [0.25, 0.3) is 6.08 Å². The van der Waals surface area contributed by atoms with Gasteiger partial charge in [0, 0.05) is 24.5 Å². The van der Waals surface area contributed by atoms with Crippen molar-refractivity contribution in [2.24, 2.45) is 0 Å². The fraction of sp³-hybridized carbons (Fsp3) is 0.167. The number of rotatable bonds is 9. The zero-order chi connectivity index (χ0) is 20.3. The minimum absolute atomic E-state index is 0. The van der Waals surface area contributed by atoms with Gasteiger partial charge in [-0.2, -0.15) is 0 Å². The molecular weight excluding hydrogens is 433 g/mol. The molecule has 0 spiro atoms. The van der Waals surface area contributed by atoms with E-state index in [4.69, 9.17) is 0 Å². The zero-order valence-corrected chi connectivity index (χ0v) is 18.6. The predicted molar refractivity (Wildman–Crippen MR) is 131 cm³/mol. The summed E-state index contributed by atoms with van der Waals surface area (Å²) >= 11 is 0. The van der Waals surface area contributed by atoms with Crippen LogP contribution in [0.4, 0.5) is 5.69 Å². The Balaban J connectivity index is 0.00000240. The van der Waals surface area contributed by atoms with E-state index in [2.05, 4.69) is 15.6 Å². The number of aromatic nitrogens is 1. The van der Waals surface area contributed by atoms with Crippen molar-refractivity contribution < 1.29 is 9.90 Å². The summed E-state index contributed by atoms with van der Waals surface area (Å²) in [5.41, 5.74) is 3.56. The highest BCUT2D eigenvalue weighted by Gasteiger charge is 2.05. The highest BCUT2D eigenvalue weighted by molar-refractivity contribution is 6.01. The maximum absolute atomic E-state index is 12.0. The topological polar surface area (TPSA) is 74.2 Å². The number of benzene rings is 2. The van der Waals surface area contributed by atoms with Gasteiger partial charge in [0.25, 0.3) is 0 Å². The molecule has 0 unspecified atom stereocenters. The Morgan fingerprint density at radius 1 is 0.968 bits per heavy atom. The lowest BCUT2D eigenvalue weighted by Crippen LogP contribution is -2.23. The van der Waals surface area contributed by atoms with Crippen LogP contribution in [-0.4, -0.2) is 29.1 Å². The van der Waals surface area contributed by atoms with Gasteiger partial charge in [-0.1, -0.05) is 48.5 Å². The van der Waals surface area contributed by atoms with Gasteiger partial charge in [0.1, 0.15) is 0 Å². The van der Waals surface area contributed by atoms with Crippen LogP contribution in [0.5, 0.6) is 0 Å². The largest absolute Gasteiger partial charge is 0.387 e. The normalized spacial score (nSPS) is 11.3. The standard InChI is InChI=1S/C24H25N3O2.2ClH/c28-23(20-6-2-1-3-7-20)18-25-17-15-19-9-11-22(12-10-19)27-24(29)14-13-21-8-4-5-16-26-21;;/h1-14,16,23,25,28H,15,17-18H2,(H,27,29);2*1H/b14-13+;;/t23-;;/m0../s1. The fourth-order valence-corrected chi connectivity index (χ4v) is 2.84. The average molecular weight is 460 g/mol. The van der Waals surface area contributed by atoms with Gasteiger partial charge in [-0.15, -0.1) is 24.8 Å². The Labute approximate surface area is 195 Å². The van der Waals surface area contributed by atoms with Gasteiger partial charge >= 0.3 is 0 Å². The second kappa shape index (κ2) is 14.3. The van der Waals surface area contributed by atoms with Crippen LogP contribution in [0.1, 0.15) is 22.9 Å². The van der Waals surface area contributed by atoms with E-state index >= 15 is 0 Å². The number of aliphatic hydroxyl groups is 1. The number of nitrogens with zero attached hydrogens (tertiary/aromatic N) is 1. The highest BCUT2D eigenvalue weighted by atomic mass is 35.5. The SMILES string of the molecule is Cl.Cl.O=C(/C=C/c1ccccn1)Nc1ccc(CCNC[C@H](O)c2ccccc2)cc1. The number of nitrogens with one attached hydrogen (secondary N) is 2. The smallest absolute Gasteiger partial charge is 0.248 e. The number of aliphatic hydroxyl groups excluding tert-OH is 1. The van der Waals surface area contributed by atoms with Crippen molar-refractivity contribution in [3.05, 3.63) is 102 Å². The quantitative estimate of drug-likeness (QED) is 0.326. The molecular formula is C24H27Cl2N3O2. The molecule has 164 valence electrons.